The van der Waals surface area contributed by atoms with Crippen molar-refractivity contribution in [2.24, 2.45) is 0 Å². The van der Waals surface area contributed by atoms with Gasteiger partial charge in [-0.15, -0.1) is 0 Å². The van der Waals surface area contributed by atoms with Gasteiger partial charge in [0.05, 0.1) is 19.1 Å². The number of ether oxygens (including phenoxy) is 1. The Kier molecular flexibility index (Phi) is 8.04. The van der Waals surface area contributed by atoms with E-state index in [2.05, 4.69) is 15.8 Å². The lowest BCUT2D eigenvalue weighted by molar-refractivity contribution is -0.128. The zero-order chi connectivity index (χ0) is 25.5. The van der Waals surface area contributed by atoms with Crippen molar-refractivity contribution in [1.82, 2.24) is 10.5 Å². The normalized spacial score (nSPS) is 14.3. The minimum Gasteiger partial charge on any atom is -0.495 e. The smallest absolute Gasteiger partial charge is 0.251 e. The molecule has 0 radical (unpaired) electrons. The maximum absolute atomic E-state index is 13.7. The van der Waals surface area contributed by atoms with Crippen LogP contribution in [0, 0.1) is 6.92 Å². The Morgan fingerprint density at radius 3 is 2.58 bits per heavy atom. The first-order valence-corrected chi connectivity index (χ1v) is 12.0. The van der Waals surface area contributed by atoms with Crippen LogP contribution >= 0.6 is 0 Å². The third kappa shape index (κ3) is 5.94. The van der Waals surface area contributed by atoms with Gasteiger partial charge in [-0.25, -0.2) is 0 Å². The van der Waals surface area contributed by atoms with Gasteiger partial charge < -0.3 is 24.3 Å². The summed E-state index contributed by atoms with van der Waals surface area (Å²) in [7, 11) is 1.50. The molecule has 2 aromatic heterocycles. The second kappa shape index (κ2) is 11.6. The first-order valence-electron chi connectivity index (χ1n) is 12.0. The van der Waals surface area contributed by atoms with Gasteiger partial charge in [0, 0.05) is 24.9 Å². The Labute approximate surface area is 209 Å². The minimum atomic E-state index is -1.08. The van der Waals surface area contributed by atoms with E-state index in [9.17, 15) is 14.4 Å². The number of nitrogens with one attached hydrogen (secondary N) is 2. The molecule has 3 amide bonds. The molecule has 10 nitrogen and oxygen atoms in total. The number of methoxy groups -OCH3 is 1. The van der Waals surface area contributed by atoms with Crippen molar-refractivity contribution >= 4 is 29.2 Å². The zero-order valence-corrected chi connectivity index (χ0v) is 20.4. The van der Waals surface area contributed by atoms with E-state index in [1.807, 2.05) is 0 Å². The van der Waals surface area contributed by atoms with Crippen LogP contribution in [0.2, 0.25) is 0 Å². The Balaban J connectivity index is 1.61. The molecule has 0 unspecified atom stereocenters. The highest BCUT2D eigenvalue weighted by molar-refractivity contribution is 6.03. The van der Waals surface area contributed by atoms with Gasteiger partial charge in [-0.2, -0.15) is 0 Å². The summed E-state index contributed by atoms with van der Waals surface area (Å²) in [5.41, 5.74) is 0.403. The molecule has 2 heterocycles. The van der Waals surface area contributed by atoms with Crippen LogP contribution in [-0.4, -0.2) is 36.0 Å². The Bertz CT molecular complexity index is 1180. The van der Waals surface area contributed by atoms with Crippen LogP contribution in [0.25, 0.3) is 0 Å². The van der Waals surface area contributed by atoms with Crippen molar-refractivity contribution in [2.75, 3.05) is 17.3 Å². The number of hydrogen-bond donors (Lipinski definition) is 2. The minimum absolute atomic E-state index is 0.0428. The van der Waals surface area contributed by atoms with Crippen LogP contribution < -0.4 is 20.3 Å². The summed E-state index contributed by atoms with van der Waals surface area (Å²) >= 11 is 0. The maximum Gasteiger partial charge on any atom is 0.251 e. The summed E-state index contributed by atoms with van der Waals surface area (Å²) < 4.78 is 16.1. The maximum atomic E-state index is 13.7. The second-order valence-electron chi connectivity index (χ2n) is 8.71. The van der Waals surface area contributed by atoms with Crippen LogP contribution in [-0.2, 0) is 14.4 Å². The lowest BCUT2D eigenvalue weighted by Crippen LogP contribution is -2.46. The number of aryl methyl sites for hydroxylation is 1. The summed E-state index contributed by atoms with van der Waals surface area (Å²) in [5.74, 6) is 0.370. The number of hydrogen-bond acceptors (Lipinski definition) is 7. The lowest BCUT2D eigenvalue weighted by Gasteiger charge is -2.31. The fourth-order valence-electron chi connectivity index (χ4n) is 4.39. The number of aromatic nitrogens is 1. The molecular weight excluding hydrogens is 464 g/mol. The second-order valence-corrected chi connectivity index (χ2v) is 8.71. The summed E-state index contributed by atoms with van der Waals surface area (Å²) in [4.78, 5) is 41.1. The average Bonchev–Trinajstić information content (AvgIpc) is 3.65. The fraction of sp³-hybridized carbons (Fsp3) is 0.385. The molecule has 0 bridgehead atoms. The SMILES string of the molecule is COc1ccccc1N(C(=O)CCC(=O)Nc1cc(C)on1)[C@@H](C(=O)NC1CCCC1)c1ccco1. The summed E-state index contributed by atoms with van der Waals surface area (Å²) in [6.45, 7) is 1.71. The van der Waals surface area contributed by atoms with Crippen LogP contribution in [0.15, 0.2) is 57.7 Å². The largest absolute Gasteiger partial charge is 0.495 e. The molecule has 10 heteroatoms. The van der Waals surface area contributed by atoms with Gasteiger partial charge in [0.25, 0.3) is 5.91 Å². The van der Waals surface area contributed by atoms with E-state index in [4.69, 9.17) is 13.7 Å². The quantitative estimate of drug-likeness (QED) is 0.434. The van der Waals surface area contributed by atoms with Crippen molar-refractivity contribution in [3.8, 4) is 5.75 Å². The van der Waals surface area contributed by atoms with Crippen molar-refractivity contribution in [3.63, 3.8) is 0 Å². The number of amides is 3. The van der Waals surface area contributed by atoms with Gasteiger partial charge in [-0.3, -0.25) is 19.3 Å². The third-order valence-electron chi connectivity index (χ3n) is 6.10. The third-order valence-corrected chi connectivity index (χ3v) is 6.10. The molecule has 1 fully saturated rings. The van der Waals surface area contributed by atoms with Gasteiger partial charge in [-0.1, -0.05) is 30.1 Å². The molecule has 190 valence electrons. The van der Waals surface area contributed by atoms with Gasteiger partial charge in [0.1, 0.15) is 17.3 Å². The summed E-state index contributed by atoms with van der Waals surface area (Å²) in [5, 5.41) is 9.43. The summed E-state index contributed by atoms with van der Waals surface area (Å²) in [6, 6.07) is 10.8. The van der Waals surface area contributed by atoms with Gasteiger partial charge in [-0.05, 0) is 44.0 Å². The van der Waals surface area contributed by atoms with Crippen LogP contribution in [0.1, 0.15) is 56.1 Å². The van der Waals surface area contributed by atoms with E-state index in [-0.39, 0.29) is 30.6 Å². The monoisotopic (exact) mass is 494 g/mol. The predicted octanol–water partition coefficient (Wildman–Crippen LogP) is 4.14. The van der Waals surface area contributed by atoms with E-state index >= 15 is 0 Å². The van der Waals surface area contributed by atoms with Crippen molar-refractivity contribution in [2.45, 2.75) is 57.5 Å². The highest BCUT2D eigenvalue weighted by Crippen LogP contribution is 2.36. The number of anilines is 2. The van der Waals surface area contributed by atoms with E-state index < -0.39 is 17.9 Å². The molecule has 0 spiro atoms. The molecule has 36 heavy (non-hydrogen) atoms. The first kappa shape index (κ1) is 25.0. The van der Waals surface area contributed by atoms with Crippen LogP contribution in [0.3, 0.4) is 0 Å². The van der Waals surface area contributed by atoms with Crippen molar-refractivity contribution in [3.05, 3.63) is 60.2 Å². The summed E-state index contributed by atoms with van der Waals surface area (Å²) in [6.07, 6.45) is 5.06. The Morgan fingerprint density at radius 1 is 1.14 bits per heavy atom. The molecule has 0 saturated heterocycles. The number of rotatable bonds is 10. The predicted molar refractivity (Wildman–Crippen MR) is 131 cm³/mol. The molecular formula is C26H30N4O6. The van der Waals surface area contributed by atoms with Crippen molar-refractivity contribution in [1.29, 1.82) is 0 Å². The number of carbonyl (C=O) groups is 3. The first-order chi connectivity index (χ1) is 17.5. The molecule has 4 rings (SSSR count). The topological polar surface area (TPSA) is 127 Å². The van der Waals surface area contributed by atoms with E-state index in [0.29, 0.717) is 23.0 Å². The number of nitrogens with zero attached hydrogens (tertiary/aromatic N) is 2. The number of benzene rings is 1. The van der Waals surface area contributed by atoms with Crippen LogP contribution in [0.4, 0.5) is 11.5 Å². The molecule has 1 aromatic carbocycles. The van der Waals surface area contributed by atoms with E-state index in [1.165, 1.54) is 18.3 Å². The van der Waals surface area contributed by atoms with E-state index in [0.717, 1.165) is 25.7 Å². The number of para-hydroxylation sites is 2. The molecule has 1 aliphatic carbocycles. The lowest BCUT2D eigenvalue weighted by atomic mass is 10.1. The molecule has 1 atom stereocenters. The highest BCUT2D eigenvalue weighted by Gasteiger charge is 2.37. The van der Waals surface area contributed by atoms with Gasteiger partial charge in [0.15, 0.2) is 11.9 Å². The van der Waals surface area contributed by atoms with E-state index in [1.54, 1.807) is 49.4 Å². The Hall–Kier alpha value is -4.08. The highest BCUT2D eigenvalue weighted by atomic mass is 16.5. The molecule has 0 aliphatic heterocycles. The standard InChI is InChI=1S/C26H30N4O6/c1-17-16-22(29-36-17)28-23(31)13-14-24(32)30(19-10-5-6-11-20(19)34-2)25(21-12-7-15-35-21)26(33)27-18-8-3-4-9-18/h5-7,10-12,15-16,18,25H,3-4,8-9,13-14H2,1-2H3,(H,27,33)(H,28,29,31)/t25-/m1/s1. The molecule has 3 aromatic rings. The van der Waals surface area contributed by atoms with Gasteiger partial charge >= 0.3 is 0 Å². The number of carbonyl (C=O) groups excluding carboxylic acids is 3. The molecule has 1 aliphatic rings. The molecule has 1 saturated carbocycles. The number of furan rings is 1. The fourth-order valence-corrected chi connectivity index (χ4v) is 4.39. The van der Waals surface area contributed by atoms with Gasteiger partial charge in [0.2, 0.25) is 11.8 Å². The molecule has 2 N–H and O–H groups in total. The average molecular weight is 495 g/mol. The Morgan fingerprint density at radius 2 is 1.92 bits per heavy atom. The van der Waals surface area contributed by atoms with Crippen LogP contribution in [0.5, 0.6) is 5.75 Å². The van der Waals surface area contributed by atoms with Crippen molar-refractivity contribution < 1.29 is 28.1 Å². The zero-order valence-electron chi connectivity index (χ0n) is 20.4.